The molecule has 0 atom stereocenters. The third kappa shape index (κ3) is 3.14. The monoisotopic (exact) mass is 345 g/mol. The molecule has 0 saturated carbocycles. The van der Waals surface area contributed by atoms with Crippen LogP contribution in [0.15, 0.2) is 66.7 Å². The summed E-state index contributed by atoms with van der Waals surface area (Å²) in [7, 11) is 0. The van der Waals surface area contributed by atoms with Crippen LogP contribution in [0, 0.1) is 6.92 Å². The lowest BCUT2D eigenvalue weighted by molar-refractivity contribution is 0.102. The van der Waals surface area contributed by atoms with Crippen LogP contribution in [0.2, 0.25) is 0 Å². The van der Waals surface area contributed by atoms with Crippen molar-refractivity contribution < 1.29 is 4.79 Å². The summed E-state index contributed by atoms with van der Waals surface area (Å²) in [6.45, 7) is 2.04. The van der Waals surface area contributed by atoms with E-state index in [-0.39, 0.29) is 5.91 Å². The van der Waals surface area contributed by atoms with Crippen molar-refractivity contribution in [1.82, 2.24) is 10.2 Å². The van der Waals surface area contributed by atoms with E-state index in [0.717, 1.165) is 26.9 Å². The van der Waals surface area contributed by atoms with Crippen LogP contribution >= 0.6 is 11.3 Å². The molecule has 0 aliphatic rings. The Bertz CT molecular complexity index is 1070. The summed E-state index contributed by atoms with van der Waals surface area (Å²) >= 11 is 1.37. The van der Waals surface area contributed by atoms with Crippen LogP contribution in [0.5, 0.6) is 0 Å². The molecule has 5 heteroatoms. The first-order valence-electron chi connectivity index (χ1n) is 7.90. The molecule has 0 spiro atoms. The van der Waals surface area contributed by atoms with Gasteiger partial charge in [0.15, 0.2) is 0 Å². The van der Waals surface area contributed by atoms with Crippen molar-refractivity contribution in [3.8, 4) is 10.6 Å². The third-order valence-corrected chi connectivity index (χ3v) is 4.83. The van der Waals surface area contributed by atoms with Gasteiger partial charge in [0, 0.05) is 11.1 Å². The number of hydrogen-bond donors (Lipinski definition) is 1. The SMILES string of the molecule is Cc1cccc(-c2nnc(NC(=O)c3cccc4ccccc34)s2)c1. The van der Waals surface area contributed by atoms with Gasteiger partial charge in [0.05, 0.1) is 0 Å². The molecule has 4 nitrogen and oxygen atoms in total. The number of carbonyl (C=O) groups excluding carboxylic acids is 1. The number of aryl methyl sites for hydroxylation is 1. The minimum atomic E-state index is -0.177. The first-order chi connectivity index (χ1) is 12.2. The fourth-order valence-electron chi connectivity index (χ4n) is 2.76. The summed E-state index contributed by atoms with van der Waals surface area (Å²) < 4.78 is 0. The number of rotatable bonds is 3. The molecule has 0 aliphatic carbocycles. The molecule has 1 amide bonds. The highest BCUT2D eigenvalue weighted by molar-refractivity contribution is 7.18. The van der Waals surface area contributed by atoms with Gasteiger partial charge < -0.3 is 0 Å². The summed E-state index contributed by atoms with van der Waals surface area (Å²) in [5.74, 6) is -0.177. The molecule has 1 aromatic heterocycles. The maximum atomic E-state index is 12.7. The smallest absolute Gasteiger partial charge is 0.258 e. The summed E-state index contributed by atoms with van der Waals surface area (Å²) in [4.78, 5) is 12.7. The van der Waals surface area contributed by atoms with Gasteiger partial charge in [-0.1, -0.05) is 71.5 Å². The van der Waals surface area contributed by atoms with Gasteiger partial charge in [0.1, 0.15) is 5.01 Å². The second-order valence-corrected chi connectivity index (χ2v) is 6.74. The van der Waals surface area contributed by atoms with Crippen molar-refractivity contribution in [2.45, 2.75) is 6.92 Å². The Morgan fingerprint density at radius 2 is 1.76 bits per heavy atom. The molecule has 122 valence electrons. The fourth-order valence-corrected chi connectivity index (χ4v) is 3.49. The minimum absolute atomic E-state index is 0.177. The lowest BCUT2D eigenvalue weighted by Gasteiger charge is -2.05. The average Bonchev–Trinajstić information content (AvgIpc) is 3.10. The van der Waals surface area contributed by atoms with E-state index < -0.39 is 0 Å². The third-order valence-electron chi connectivity index (χ3n) is 3.94. The largest absolute Gasteiger partial charge is 0.296 e. The molecule has 0 aliphatic heterocycles. The highest BCUT2D eigenvalue weighted by Crippen LogP contribution is 2.27. The molecule has 0 radical (unpaired) electrons. The lowest BCUT2D eigenvalue weighted by atomic mass is 10.0. The van der Waals surface area contributed by atoms with Gasteiger partial charge in [-0.25, -0.2) is 0 Å². The van der Waals surface area contributed by atoms with Crippen LogP contribution in [-0.2, 0) is 0 Å². The number of anilines is 1. The molecule has 1 N–H and O–H groups in total. The molecule has 3 aromatic carbocycles. The molecule has 0 unspecified atom stereocenters. The van der Waals surface area contributed by atoms with E-state index in [2.05, 4.69) is 21.6 Å². The Balaban J connectivity index is 1.61. The molecule has 0 saturated heterocycles. The molecular weight excluding hydrogens is 330 g/mol. The van der Waals surface area contributed by atoms with Gasteiger partial charge in [-0.3, -0.25) is 10.1 Å². The van der Waals surface area contributed by atoms with Crippen LogP contribution in [0.1, 0.15) is 15.9 Å². The van der Waals surface area contributed by atoms with Crippen LogP contribution in [-0.4, -0.2) is 16.1 Å². The van der Waals surface area contributed by atoms with Crippen molar-refractivity contribution in [2.75, 3.05) is 5.32 Å². The van der Waals surface area contributed by atoms with E-state index in [1.54, 1.807) is 0 Å². The molecule has 1 heterocycles. The van der Waals surface area contributed by atoms with Gasteiger partial charge >= 0.3 is 0 Å². The summed E-state index contributed by atoms with van der Waals surface area (Å²) in [6.07, 6.45) is 0. The maximum absolute atomic E-state index is 12.7. The standard InChI is InChI=1S/C20H15N3OS/c1-13-6-4-9-15(12-13)19-22-23-20(25-19)21-18(24)17-11-5-8-14-7-2-3-10-16(14)17/h2-12H,1H3,(H,21,23,24). The summed E-state index contributed by atoms with van der Waals surface area (Å²) in [5, 5.41) is 14.4. The quantitative estimate of drug-likeness (QED) is 0.573. The molecular formula is C20H15N3OS. The van der Waals surface area contributed by atoms with Gasteiger partial charge in [-0.2, -0.15) is 0 Å². The van der Waals surface area contributed by atoms with E-state index in [4.69, 9.17) is 0 Å². The Kier molecular flexibility index (Phi) is 3.99. The molecule has 4 aromatic rings. The first kappa shape index (κ1) is 15.5. The summed E-state index contributed by atoms with van der Waals surface area (Å²) in [5.41, 5.74) is 2.79. The second-order valence-electron chi connectivity index (χ2n) is 5.76. The Hall–Kier alpha value is -3.05. The number of nitrogens with zero attached hydrogens (tertiary/aromatic N) is 2. The molecule has 0 bridgehead atoms. The van der Waals surface area contributed by atoms with E-state index in [0.29, 0.717) is 10.7 Å². The summed E-state index contributed by atoms with van der Waals surface area (Å²) in [6, 6.07) is 21.6. The zero-order valence-corrected chi connectivity index (χ0v) is 14.4. The zero-order valence-electron chi connectivity index (χ0n) is 13.6. The van der Waals surface area contributed by atoms with Crippen molar-refractivity contribution >= 4 is 33.1 Å². The van der Waals surface area contributed by atoms with Crippen LogP contribution in [0.4, 0.5) is 5.13 Å². The second kappa shape index (κ2) is 6.45. The average molecular weight is 345 g/mol. The van der Waals surface area contributed by atoms with Gasteiger partial charge in [-0.15, -0.1) is 10.2 Å². The maximum Gasteiger partial charge on any atom is 0.258 e. The minimum Gasteiger partial charge on any atom is -0.296 e. The fraction of sp³-hybridized carbons (Fsp3) is 0.0500. The highest BCUT2D eigenvalue weighted by atomic mass is 32.1. The van der Waals surface area contributed by atoms with E-state index in [1.807, 2.05) is 67.6 Å². The number of aromatic nitrogens is 2. The van der Waals surface area contributed by atoms with Crippen molar-refractivity contribution in [1.29, 1.82) is 0 Å². The zero-order chi connectivity index (χ0) is 17.2. The number of hydrogen-bond acceptors (Lipinski definition) is 4. The number of amides is 1. The highest BCUT2D eigenvalue weighted by Gasteiger charge is 2.13. The first-order valence-corrected chi connectivity index (χ1v) is 8.72. The van der Waals surface area contributed by atoms with Crippen molar-refractivity contribution in [2.24, 2.45) is 0 Å². The van der Waals surface area contributed by atoms with Gasteiger partial charge in [0.2, 0.25) is 5.13 Å². The number of nitrogens with one attached hydrogen (secondary N) is 1. The van der Waals surface area contributed by atoms with E-state index in [1.165, 1.54) is 11.3 Å². The van der Waals surface area contributed by atoms with Crippen LogP contribution < -0.4 is 5.32 Å². The Morgan fingerprint density at radius 1 is 0.960 bits per heavy atom. The lowest BCUT2D eigenvalue weighted by Crippen LogP contribution is -2.12. The van der Waals surface area contributed by atoms with Crippen molar-refractivity contribution in [3.63, 3.8) is 0 Å². The Labute approximate surface area is 149 Å². The molecule has 4 rings (SSSR count). The normalized spacial score (nSPS) is 10.8. The number of benzene rings is 3. The van der Waals surface area contributed by atoms with Crippen molar-refractivity contribution in [3.05, 3.63) is 77.9 Å². The topological polar surface area (TPSA) is 54.9 Å². The van der Waals surface area contributed by atoms with Gasteiger partial charge in [0.25, 0.3) is 5.91 Å². The Morgan fingerprint density at radius 3 is 2.64 bits per heavy atom. The van der Waals surface area contributed by atoms with Crippen LogP contribution in [0.25, 0.3) is 21.3 Å². The van der Waals surface area contributed by atoms with Gasteiger partial charge in [-0.05, 0) is 29.8 Å². The van der Waals surface area contributed by atoms with E-state index >= 15 is 0 Å². The van der Waals surface area contributed by atoms with E-state index in [9.17, 15) is 4.79 Å². The number of carbonyl (C=O) groups is 1. The molecule has 0 fully saturated rings. The predicted molar refractivity (Wildman–Crippen MR) is 102 cm³/mol. The molecule has 25 heavy (non-hydrogen) atoms. The van der Waals surface area contributed by atoms with Crippen LogP contribution in [0.3, 0.4) is 0 Å². The number of fused-ring (bicyclic) bond motifs is 1. The predicted octanol–water partition coefficient (Wildman–Crippen LogP) is 4.92.